The summed E-state index contributed by atoms with van der Waals surface area (Å²) in [4.78, 5) is 34.0. The molecule has 4 heterocycles. The van der Waals surface area contributed by atoms with Crippen molar-refractivity contribution in [2.75, 3.05) is 35.5 Å². The van der Waals surface area contributed by atoms with Crippen molar-refractivity contribution in [2.45, 2.75) is 51.7 Å². The third-order valence-corrected chi connectivity index (χ3v) is 7.80. The van der Waals surface area contributed by atoms with Gasteiger partial charge >= 0.3 is 5.97 Å². The van der Waals surface area contributed by atoms with Crippen LogP contribution < -0.4 is 9.62 Å². The highest BCUT2D eigenvalue weighted by atomic mass is 35.5. The predicted octanol–water partition coefficient (Wildman–Crippen LogP) is 3.57. The number of carbonyl (C=O) groups excluding carboxylic acids is 2. The molecule has 2 aromatic heterocycles. The highest BCUT2D eigenvalue weighted by Gasteiger charge is 2.34. The standard InChI is InChI=1S/C26H31ClN6O5S/c1-4-24(34)38-18-14-31(15-18)25-16(2)13-33-23(28-25)12-21(29-33)22-7-5-6-10-32(22)26(35)19-11-17(27)8-9-20(19)30-39(3,36)37/h8-9,11-13,18,22,30H,4-7,10,14-15H2,1-3H3/t22-/m0/s1. The molecule has 11 nitrogen and oxygen atoms in total. The van der Waals surface area contributed by atoms with Gasteiger partial charge in [0.25, 0.3) is 5.91 Å². The van der Waals surface area contributed by atoms with Gasteiger partial charge in [-0.25, -0.2) is 17.9 Å². The molecule has 13 heteroatoms. The van der Waals surface area contributed by atoms with E-state index in [1.807, 2.05) is 19.2 Å². The van der Waals surface area contributed by atoms with Gasteiger partial charge in [-0.1, -0.05) is 18.5 Å². The van der Waals surface area contributed by atoms with E-state index in [-0.39, 0.29) is 35.3 Å². The topological polar surface area (TPSA) is 126 Å². The number of aryl methyl sites for hydroxylation is 1. The maximum Gasteiger partial charge on any atom is 0.305 e. The molecule has 0 spiro atoms. The minimum absolute atomic E-state index is 0.134. The van der Waals surface area contributed by atoms with Crippen molar-refractivity contribution in [3.63, 3.8) is 0 Å². The molecule has 2 aliphatic heterocycles. The van der Waals surface area contributed by atoms with Crippen molar-refractivity contribution in [2.24, 2.45) is 0 Å². The molecule has 2 aliphatic rings. The lowest BCUT2D eigenvalue weighted by Crippen LogP contribution is -2.53. The Morgan fingerprint density at radius 1 is 1.21 bits per heavy atom. The normalized spacial score (nSPS) is 18.2. The van der Waals surface area contributed by atoms with E-state index in [4.69, 9.17) is 26.4 Å². The first-order valence-corrected chi connectivity index (χ1v) is 15.2. The van der Waals surface area contributed by atoms with Crippen molar-refractivity contribution < 1.29 is 22.7 Å². The molecule has 1 aromatic carbocycles. The van der Waals surface area contributed by atoms with E-state index in [2.05, 4.69) is 9.62 Å². The van der Waals surface area contributed by atoms with E-state index in [1.54, 1.807) is 22.4 Å². The first kappa shape index (κ1) is 27.2. The Morgan fingerprint density at radius 3 is 2.69 bits per heavy atom. The average Bonchev–Trinajstić information content (AvgIpc) is 3.28. The average molecular weight is 575 g/mol. The molecule has 0 unspecified atom stereocenters. The Bertz CT molecular complexity index is 1540. The molecule has 1 atom stereocenters. The number of halogens is 1. The number of anilines is 2. The largest absolute Gasteiger partial charge is 0.459 e. The van der Waals surface area contributed by atoms with Crippen LogP contribution in [0.3, 0.4) is 0 Å². The van der Waals surface area contributed by atoms with Crippen LogP contribution in [0, 0.1) is 6.92 Å². The summed E-state index contributed by atoms with van der Waals surface area (Å²) in [5.41, 5.74) is 2.68. The number of nitrogens with one attached hydrogen (secondary N) is 1. The minimum atomic E-state index is -3.60. The van der Waals surface area contributed by atoms with E-state index in [9.17, 15) is 18.0 Å². The number of likely N-dealkylation sites (tertiary alicyclic amines) is 1. The Morgan fingerprint density at radius 2 is 1.97 bits per heavy atom. The highest BCUT2D eigenvalue weighted by Crippen LogP contribution is 2.34. The summed E-state index contributed by atoms with van der Waals surface area (Å²) >= 11 is 6.19. The number of nitrogens with zero attached hydrogens (tertiary/aromatic N) is 5. The van der Waals surface area contributed by atoms with Gasteiger partial charge in [-0.05, 0) is 44.4 Å². The van der Waals surface area contributed by atoms with Crippen LogP contribution in [0.4, 0.5) is 11.5 Å². The van der Waals surface area contributed by atoms with Crippen LogP contribution in [0.5, 0.6) is 0 Å². The van der Waals surface area contributed by atoms with Gasteiger partial charge in [-0.15, -0.1) is 0 Å². The molecule has 1 N–H and O–H groups in total. The lowest BCUT2D eigenvalue weighted by molar-refractivity contribution is -0.149. The van der Waals surface area contributed by atoms with Crippen LogP contribution in [-0.4, -0.2) is 71.8 Å². The highest BCUT2D eigenvalue weighted by molar-refractivity contribution is 7.92. The summed E-state index contributed by atoms with van der Waals surface area (Å²) in [7, 11) is -3.60. The van der Waals surface area contributed by atoms with Crippen molar-refractivity contribution >= 4 is 50.7 Å². The number of sulfonamides is 1. The lowest BCUT2D eigenvalue weighted by Gasteiger charge is -2.39. The molecule has 0 saturated carbocycles. The van der Waals surface area contributed by atoms with Crippen molar-refractivity contribution in [1.29, 1.82) is 0 Å². The van der Waals surface area contributed by atoms with Crippen molar-refractivity contribution in [3.05, 3.63) is 52.3 Å². The summed E-state index contributed by atoms with van der Waals surface area (Å²) in [6.45, 7) is 5.42. The maximum absolute atomic E-state index is 13.8. The second kappa shape index (κ2) is 10.6. The molecular weight excluding hydrogens is 544 g/mol. The summed E-state index contributed by atoms with van der Waals surface area (Å²) in [5.74, 6) is 0.289. The van der Waals surface area contributed by atoms with Gasteiger partial charge < -0.3 is 14.5 Å². The molecule has 0 radical (unpaired) electrons. The molecular formula is C26H31ClN6O5S. The Kier molecular flexibility index (Phi) is 7.43. The van der Waals surface area contributed by atoms with Crippen LogP contribution in [0.25, 0.3) is 5.65 Å². The molecule has 1 amide bonds. The number of piperidine rings is 1. The van der Waals surface area contributed by atoms with Gasteiger partial charge in [0.05, 0.1) is 42.3 Å². The summed E-state index contributed by atoms with van der Waals surface area (Å²) in [6.07, 6.45) is 5.63. The Labute approximate surface area is 232 Å². The van der Waals surface area contributed by atoms with E-state index < -0.39 is 10.0 Å². The maximum atomic E-state index is 13.8. The molecule has 0 bridgehead atoms. The zero-order chi connectivity index (χ0) is 27.9. The SMILES string of the molecule is CCC(=O)OC1CN(c2nc3cc([C@@H]4CCCCN4C(=O)c4cc(Cl)ccc4NS(C)(=O)=O)nn3cc2C)C1. The van der Waals surface area contributed by atoms with Crippen LogP contribution >= 0.6 is 11.6 Å². The minimum Gasteiger partial charge on any atom is -0.459 e. The van der Waals surface area contributed by atoms with Crippen LogP contribution in [0.1, 0.15) is 60.3 Å². The zero-order valence-electron chi connectivity index (χ0n) is 22.1. The quantitative estimate of drug-likeness (QED) is 0.424. The number of hydrogen-bond acceptors (Lipinski definition) is 8. The Hall–Kier alpha value is -3.38. The van der Waals surface area contributed by atoms with Gasteiger partial charge in [0.1, 0.15) is 11.9 Å². The first-order valence-electron chi connectivity index (χ1n) is 12.9. The van der Waals surface area contributed by atoms with Gasteiger partial charge in [-0.3, -0.25) is 14.3 Å². The molecule has 208 valence electrons. The van der Waals surface area contributed by atoms with Gasteiger partial charge in [0, 0.05) is 35.8 Å². The van der Waals surface area contributed by atoms with E-state index in [1.165, 1.54) is 12.1 Å². The second-order valence-corrected chi connectivity index (χ2v) is 12.2. The fourth-order valence-corrected chi connectivity index (χ4v) is 5.83. The van der Waals surface area contributed by atoms with Crippen molar-refractivity contribution in [3.8, 4) is 0 Å². The molecule has 2 fully saturated rings. The van der Waals surface area contributed by atoms with E-state index in [0.29, 0.717) is 48.8 Å². The zero-order valence-corrected chi connectivity index (χ0v) is 23.6. The molecule has 39 heavy (non-hydrogen) atoms. The number of esters is 1. The molecule has 0 aliphatic carbocycles. The number of benzene rings is 1. The fraction of sp³-hybridized carbons (Fsp3) is 0.462. The molecule has 3 aromatic rings. The smallest absolute Gasteiger partial charge is 0.305 e. The van der Waals surface area contributed by atoms with Gasteiger partial charge in [0.2, 0.25) is 10.0 Å². The summed E-state index contributed by atoms with van der Waals surface area (Å²) < 4.78 is 33.4. The summed E-state index contributed by atoms with van der Waals surface area (Å²) in [5, 5.41) is 5.10. The van der Waals surface area contributed by atoms with Gasteiger partial charge in [-0.2, -0.15) is 5.10 Å². The number of hydrogen-bond donors (Lipinski definition) is 1. The number of fused-ring (bicyclic) bond motifs is 1. The number of carbonyl (C=O) groups is 2. The van der Waals surface area contributed by atoms with Crippen LogP contribution in [-0.2, 0) is 19.6 Å². The fourth-order valence-electron chi connectivity index (χ4n) is 5.08. The monoisotopic (exact) mass is 574 g/mol. The van der Waals surface area contributed by atoms with E-state index >= 15 is 0 Å². The molecule has 2 saturated heterocycles. The number of ether oxygens (including phenoxy) is 1. The number of amides is 1. The van der Waals surface area contributed by atoms with Gasteiger partial charge in [0.15, 0.2) is 5.65 Å². The second-order valence-electron chi connectivity index (χ2n) is 10.1. The summed E-state index contributed by atoms with van der Waals surface area (Å²) in [6, 6.07) is 6.12. The van der Waals surface area contributed by atoms with Crippen molar-refractivity contribution in [1.82, 2.24) is 19.5 Å². The van der Waals surface area contributed by atoms with E-state index in [0.717, 1.165) is 30.5 Å². The third-order valence-electron chi connectivity index (χ3n) is 6.97. The van der Waals surface area contributed by atoms with Crippen LogP contribution in [0.2, 0.25) is 5.02 Å². The predicted molar refractivity (Wildman–Crippen MR) is 148 cm³/mol. The number of aromatic nitrogens is 3. The Balaban J connectivity index is 1.41. The number of rotatable bonds is 7. The van der Waals surface area contributed by atoms with Crippen LogP contribution in [0.15, 0.2) is 30.5 Å². The molecule has 5 rings (SSSR count). The third kappa shape index (κ3) is 5.81. The lowest BCUT2D eigenvalue weighted by atomic mass is 9.98. The first-order chi connectivity index (χ1) is 18.5.